The van der Waals surface area contributed by atoms with E-state index in [1.165, 1.54) is 5.56 Å². The molecule has 4 heteroatoms. The summed E-state index contributed by atoms with van der Waals surface area (Å²) in [6.45, 7) is 2.03. The molecule has 0 aliphatic carbocycles. The van der Waals surface area contributed by atoms with E-state index in [0.29, 0.717) is 5.69 Å². The lowest BCUT2D eigenvalue weighted by Crippen LogP contribution is -2.09. The van der Waals surface area contributed by atoms with Gasteiger partial charge in [-0.05, 0) is 43.3 Å². The zero-order valence-electron chi connectivity index (χ0n) is 11.3. The molecule has 2 aromatic rings. The van der Waals surface area contributed by atoms with Crippen LogP contribution in [0.5, 0.6) is 0 Å². The highest BCUT2D eigenvalue weighted by Gasteiger charge is 2.00. The fourth-order valence-corrected chi connectivity index (χ4v) is 2.18. The Morgan fingerprint density at radius 1 is 0.850 bits per heavy atom. The van der Waals surface area contributed by atoms with E-state index in [4.69, 9.17) is 0 Å². The normalized spacial score (nSPS) is 10.5. The van der Waals surface area contributed by atoms with Crippen molar-refractivity contribution < 1.29 is 8.42 Å². The van der Waals surface area contributed by atoms with Crippen LogP contribution in [-0.2, 0) is 10.0 Å². The first kappa shape index (κ1) is 14.2. The average Bonchev–Trinajstić information content (AvgIpc) is 2.38. The maximum absolute atomic E-state index is 11.1. The molecule has 2 rings (SSSR count). The largest absolute Gasteiger partial charge is 0.284 e. The van der Waals surface area contributed by atoms with Crippen molar-refractivity contribution >= 4 is 15.7 Å². The first-order valence-corrected chi connectivity index (χ1v) is 7.98. The van der Waals surface area contributed by atoms with Gasteiger partial charge in [0.2, 0.25) is 10.0 Å². The zero-order valence-corrected chi connectivity index (χ0v) is 12.2. The molecule has 3 nitrogen and oxygen atoms in total. The molecule has 0 saturated carbocycles. The van der Waals surface area contributed by atoms with Crippen molar-refractivity contribution in [3.8, 4) is 11.8 Å². The summed E-state index contributed by atoms with van der Waals surface area (Å²) < 4.78 is 24.6. The summed E-state index contributed by atoms with van der Waals surface area (Å²) in [7, 11) is -3.24. The molecule has 1 N–H and O–H groups in total. The number of sulfonamides is 1. The van der Waals surface area contributed by atoms with Gasteiger partial charge in [0.25, 0.3) is 0 Å². The molecule has 0 aliphatic rings. The fraction of sp³-hybridized carbons (Fsp3) is 0.125. The van der Waals surface area contributed by atoms with Gasteiger partial charge in [0, 0.05) is 16.8 Å². The summed E-state index contributed by atoms with van der Waals surface area (Å²) in [6, 6.07) is 14.9. The molecule has 0 radical (unpaired) electrons. The van der Waals surface area contributed by atoms with E-state index < -0.39 is 10.0 Å². The predicted molar refractivity (Wildman–Crippen MR) is 82.1 cm³/mol. The molecule has 0 atom stereocenters. The Bertz CT molecular complexity index is 749. The van der Waals surface area contributed by atoms with Crippen molar-refractivity contribution in [2.75, 3.05) is 11.0 Å². The maximum atomic E-state index is 11.1. The number of nitrogens with one attached hydrogen (secondary N) is 1. The van der Waals surface area contributed by atoms with Gasteiger partial charge >= 0.3 is 0 Å². The minimum atomic E-state index is -3.24. The zero-order chi connectivity index (χ0) is 14.6. The number of rotatable bonds is 2. The molecule has 0 aromatic heterocycles. The number of anilines is 1. The van der Waals surface area contributed by atoms with Crippen LogP contribution in [0.1, 0.15) is 16.7 Å². The lowest BCUT2D eigenvalue weighted by molar-refractivity contribution is 0.607. The number of hydrogen-bond acceptors (Lipinski definition) is 2. The quantitative estimate of drug-likeness (QED) is 0.862. The van der Waals surface area contributed by atoms with Crippen LogP contribution in [0.3, 0.4) is 0 Å². The van der Waals surface area contributed by atoms with E-state index in [0.717, 1.165) is 17.4 Å². The van der Waals surface area contributed by atoms with Crippen molar-refractivity contribution in [3.05, 3.63) is 65.2 Å². The van der Waals surface area contributed by atoms with Crippen molar-refractivity contribution in [1.29, 1.82) is 0 Å². The molecule has 0 unspecified atom stereocenters. The van der Waals surface area contributed by atoms with Crippen molar-refractivity contribution in [1.82, 2.24) is 0 Å². The van der Waals surface area contributed by atoms with Crippen LogP contribution in [-0.4, -0.2) is 14.7 Å². The van der Waals surface area contributed by atoms with Crippen LogP contribution >= 0.6 is 0 Å². The highest BCUT2D eigenvalue weighted by atomic mass is 32.2. The van der Waals surface area contributed by atoms with Crippen molar-refractivity contribution in [3.63, 3.8) is 0 Å². The van der Waals surface area contributed by atoms with Gasteiger partial charge in [0.15, 0.2) is 0 Å². The van der Waals surface area contributed by atoms with E-state index in [1.54, 1.807) is 24.3 Å². The lowest BCUT2D eigenvalue weighted by Gasteiger charge is -2.02. The van der Waals surface area contributed by atoms with E-state index in [9.17, 15) is 8.42 Å². The Balaban J connectivity index is 2.14. The summed E-state index contributed by atoms with van der Waals surface area (Å²) in [5.74, 6) is 6.11. The van der Waals surface area contributed by atoms with E-state index in [1.807, 2.05) is 31.2 Å². The van der Waals surface area contributed by atoms with Gasteiger partial charge in [0.1, 0.15) is 0 Å². The molecule has 2 aromatic carbocycles. The van der Waals surface area contributed by atoms with Crippen LogP contribution < -0.4 is 4.72 Å². The second kappa shape index (κ2) is 5.81. The van der Waals surface area contributed by atoms with Crippen molar-refractivity contribution in [2.45, 2.75) is 6.92 Å². The molecular weight excluding hydrogens is 270 g/mol. The Labute approximate surface area is 119 Å². The topological polar surface area (TPSA) is 46.2 Å². The van der Waals surface area contributed by atoms with Crippen molar-refractivity contribution in [2.24, 2.45) is 0 Å². The van der Waals surface area contributed by atoms with E-state index in [-0.39, 0.29) is 0 Å². The Hall–Kier alpha value is -2.25. The minimum absolute atomic E-state index is 0.536. The second-order valence-electron chi connectivity index (χ2n) is 4.57. The number of aryl methyl sites for hydroxylation is 1. The van der Waals surface area contributed by atoms with Gasteiger partial charge in [-0.2, -0.15) is 0 Å². The summed E-state index contributed by atoms with van der Waals surface area (Å²) in [5.41, 5.74) is 3.53. The Kier molecular flexibility index (Phi) is 4.11. The third kappa shape index (κ3) is 4.45. The van der Waals surface area contributed by atoms with Gasteiger partial charge < -0.3 is 0 Å². The average molecular weight is 285 g/mol. The third-order valence-electron chi connectivity index (χ3n) is 2.59. The molecule has 20 heavy (non-hydrogen) atoms. The van der Waals surface area contributed by atoms with Gasteiger partial charge in [-0.15, -0.1) is 0 Å². The summed E-state index contributed by atoms with van der Waals surface area (Å²) >= 11 is 0. The summed E-state index contributed by atoms with van der Waals surface area (Å²) in [4.78, 5) is 0. The molecule has 0 heterocycles. The number of hydrogen-bond donors (Lipinski definition) is 1. The minimum Gasteiger partial charge on any atom is -0.284 e. The van der Waals surface area contributed by atoms with Crippen LogP contribution in [0.4, 0.5) is 5.69 Å². The molecular formula is C16H15NO2S. The third-order valence-corrected chi connectivity index (χ3v) is 3.20. The smallest absolute Gasteiger partial charge is 0.229 e. The van der Waals surface area contributed by atoms with Crippen LogP contribution in [0.25, 0.3) is 0 Å². The Morgan fingerprint density at radius 3 is 1.75 bits per heavy atom. The van der Waals surface area contributed by atoms with Crippen LogP contribution in [0.2, 0.25) is 0 Å². The van der Waals surface area contributed by atoms with Gasteiger partial charge in [-0.25, -0.2) is 8.42 Å². The molecule has 0 saturated heterocycles. The van der Waals surface area contributed by atoms with E-state index in [2.05, 4.69) is 16.6 Å². The van der Waals surface area contributed by atoms with Crippen LogP contribution in [0, 0.1) is 18.8 Å². The predicted octanol–water partition coefficient (Wildman–Crippen LogP) is 2.77. The fourth-order valence-electron chi connectivity index (χ4n) is 1.62. The van der Waals surface area contributed by atoms with Gasteiger partial charge in [0.05, 0.1) is 6.26 Å². The van der Waals surface area contributed by atoms with Gasteiger partial charge in [-0.1, -0.05) is 29.5 Å². The molecule has 0 amide bonds. The highest BCUT2D eigenvalue weighted by Crippen LogP contribution is 2.10. The first-order chi connectivity index (χ1) is 9.42. The van der Waals surface area contributed by atoms with Crippen LogP contribution in [0.15, 0.2) is 48.5 Å². The maximum Gasteiger partial charge on any atom is 0.229 e. The standard InChI is InChI=1S/C16H15NO2S/c1-13-3-5-14(6-4-13)7-8-15-9-11-16(12-10-15)17-20(2,18)19/h3-6,9-12,17H,1-2H3. The summed E-state index contributed by atoms with van der Waals surface area (Å²) in [6.07, 6.45) is 1.12. The molecule has 102 valence electrons. The Morgan fingerprint density at radius 2 is 1.30 bits per heavy atom. The second-order valence-corrected chi connectivity index (χ2v) is 6.32. The molecule has 0 fully saturated rings. The monoisotopic (exact) mass is 285 g/mol. The molecule has 0 bridgehead atoms. The van der Waals surface area contributed by atoms with Gasteiger partial charge in [-0.3, -0.25) is 4.72 Å². The molecule has 0 spiro atoms. The molecule has 0 aliphatic heterocycles. The SMILES string of the molecule is Cc1ccc(C#Cc2ccc(NS(C)(=O)=O)cc2)cc1. The number of benzene rings is 2. The van der Waals surface area contributed by atoms with E-state index >= 15 is 0 Å². The highest BCUT2D eigenvalue weighted by molar-refractivity contribution is 7.92. The first-order valence-electron chi connectivity index (χ1n) is 6.09. The summed E-state index contributed by atoms with van der Waals surface area (Å²) in [5, 5.41) is 0. The lowest BCUT2D eigenvalue weighted by atomic mass is 10.1.